The fourth-order valence-electron chi connectivity index (χ4n) is 2.25. The monoisotopic (exact) mass is 396 g/mol. The van der Waals surface area contributed by atoms with Crippen molar-refractivity contribution >= 4 is 21.9 Å². The van der Waals surface area contributed by atoms with Gasteiger partial charge in [-0.1, -0.05) is 0 Å². The fraction of sp³-hybridized carbons (Fsp3) is 0.368. The molecule has 0 aliphatic carbocycles. The van der Waals surface area contributed by atoms with Crippen molar-refractivity contribution in [2.75, 3.05) is 6.16 Å². The average molecular weight is 397 g/mol. The Morgan fingerprint density at radius 2 is 1.30 bits per heavy atom. The van der Waals surface area contributed by atoms with Crippen LogP contribution in [0.15, 0.2) is 48.5 Å². The number of hydrogen-bond acceptors (Lipinski definition) is 2. The second kappa shape index (κ2) is 8.17. The van der Waals surface area contributed by atoms with Gasteiger partial charge >= 0.3 is 148 Å². The molecule has 0 amide bonds. The molecule has 0 aliphatic rings. The molecule has 126 valence electrons. The van der Waals surface area contributed by atoms with Crippen LogP contribution in [0.1, 0.15) is 31.4 Å². The molecule has 4 heteroatoms. The number of rotatable bonds is 7. The first-order valence-electron chi connectivity index (χ1n) is 8.08. The van der Waals surface area contributed by atoms with Gasteiger partial charge < -0.3 is 0 Å². The van der Waals surface area contributed by atoms with Gasteiger partial charge in [0.25, 0.3) is 0 Å². The molecule has 2 nitrogen and oxygen atoms in total. The summed E-state index contributed by atoms with van der Waals surface area (Å²) in [5.74, 6) is 2.40. The molecular weight excluding hydrogens is 371 g/mol. The summed E-state index contributed by atoms with van der Waals surface area (Å²) in [6, 6.07) is 16.2. The SMILES string of the molecule is Cc1ccccc1O[PH](Br)(CCC(C)C)Oc1ccccc1C. The molecule has 0 radical (unpaired) electrons. The van der Waals surface area contributed by atoms with E-state index in [9.17, 15) is 0 Å². The molecule has 0 aromatic heterocycles. The Balaban J connectivity index is 2.24. The first-order chi connectivity index (χ1) is 10.9. The summed E-state index contributed by atoms with van der Waals surface area (Å²) in [4.78, 5) is 0. The predicted molar refractivity (Wildman–Crippen MR) is 105 cm³/mol. The Labute approximate surface area is 148 Å². The van der Waals surface area contributed by atoms with Crippen molar-refractivity contribution in [3.63, 3.8) is 0 Å². The van der Waals surface area contributed by atoms with E-state index >= 15 is 0 Å². The zero-order valence-corrected chi connectivity index (χ0v) is 16.9. The summed E-state index contributed by atoms with van der Waals surface area (Å²) in [5.41, 5.74) is 2.25. The van der Waals surface area contributed by atoms with Crippen molar-refractivity contribution in [1.82, 2.24) is 0 Å². The molecule has 2 aromatic carbocycles. The van der Waals surface area contributed by atoms with E-state index in [1.165, 1.54) is 0 Å². The fourth-order valence-corrected chi connectivity index (χ4v) is 6.27. The normalized spacial score (nSPS) is 12.3. The van der Waals surface area contributed by atoms with E-state index in [0.29, 0.717) is 5.92 Å². The van der Waals surface area contributed by atoms with Crippen LogP contribution in [0.4, 0.5) is 0 Å². The second-order valence-electron chi connectivity index (χ2n) is 6.33. The van der Waals surface area contributed by atoms with Crippen LogP contribution >= 0.6 is 21.9 Å². The maximum absolute atomic E-state index is 6.38. The molecule has 0 saturated heterocycles. The topological polar surface area (TPSA) is 18.5 Å². The number of aryl methyl sites for hydroxylation is 2. The maximum atomic E-state index is 6.38. The van der Waals surface area contributed by atoms with E-state index in [-0.39, 0.29) is 0 Å². The first-order valence-corrected chi connectivity index (χ1v) is 12.4. The van der Waals surface area contributed by atoms with E-state index in [4.69, 9.17) is 9.05 Å². The van der Waals surface area contributed by atoms with Gasteiger partial charge in [-0.25, -0.2) is 0 Å². The first kappa shape index (κ1) is 18.3. The summed E-state index contributed by atoms with van der Waals surface area (Å²) < 4.78 is 12.8. The van der Waals surface area contributed by atoms with Crippen LogP contribution in [0.3, 0.4) is 0 Å². The zero-order chi connectivity index (χ0) is 16.9. The van der Waals surface area contributed by atoms with Crippen LogP contribution in [0.2, 0.25) is 0 Å². The molecule has 0 atom stereocenters. The van der Waals surface area contributed by atoms with Gasteiger partial charge in [-0.15, -0.1) is 0 Å². The van der Waals surface area contributed by atoms with Crippen molar-refractivity contribution < 1.29 is 9.05 Å². The predicted octanol–water partition coefficient (Wildman–Crippen LogP) is 6.70. The van der Waals surface area contributed by atoms with Crippen molar-refractivity contribution in [1.29, 1.82) is 0 Å². The number of hydrogen-bond donors (Lipinski definition) is 0. The summed E-state index contributed by atoms with van der Waals surface area (Å²) in [7, 11) is 0. The summed E-state index contributed by atoms with van der Waals surface area (Å²) in [6.07, 6.45) is -0.583. The number of para-hydroxylation sites is 2. The van der Waals surface area contributed by atoms with Crippen LogP contribution in [0.5, 0.6) is 11.5 Å². The van der Waals surface area contributed by atoms with Crippen LogP contribution < -0.4 is 9.05 Å². The Morgan fingerprint density at radius 1 is 0.870 bits per heavy atom. The molecule has 0 aliphatic heterocycles. The molecule has 0 spiro atoms. The molecule has 0 heterocycles. The third kappa shape index (κ3) is 5.51. The van der Waals surface area contributed by atoms with Crippen molar-refractivity contribution in [3.05, 3.63) is 59.7 Å². The van der Waals surface area contributed by atoms with E-state index in [2.05, 4.69) is 55.3 Å². The van der Waals surface area contributed by atoms with Gasteiger partial charge in [-0.3, -0.25) is 0 Å². The second-order valence-corrected chi connectivity index (χ2v) is 12.2. The van der Waals surface area contributed by atoms with Gasteiger partial charge in [0.05, 0.1) is 0 Å². The van der Waals surface area contributed by atoms with Crippen molar-refractivity contribution in [2.45, 2.75) is 34.1 Å². The zero-order valence-electron chi connectivity index (χ0n) is 14.3. The van der Waals surface area contributed by atoms with Gasteiger partial charge in [0.2, 0.25) is 0 Å². The van der Waals surface area contributed by atoms with Gasteiger partial charge in [-0.05, 0) is 0 Å². The Morgan fingerprint density at radius 3 is 1.70 bits per heavy atom. The van der Waals surface area contributed by atoms with E-state index in [0.717, 1.165) is 35.2 Å². The molecule has 2 rings (SSSR count). The van der Waals surface area contributed by atoms with Gasteiger partial charge in [-0.2, -0.15) is 0 Å². The Bertz CT molecular complexity index is 595. The van der Waals surface area contributed by atoms with E-state index < -0.39 is 6.42 Å². The minimum atomic E-state index is -2.54. The average Bonchev–Trinajstić information content (AvgIpc) is 2.50. The van der Waals surface area contributed by atoms with Crippen LogP contribution in [0, 0.1) is 19.8 Å². The van der Waals surface area contributed by atoms with Gasteiger partial charge in [0, 0.05) is 0 Å². The van der Waals surface area contributed by atoms with Gasteiger partial charge in [0.1, 0.15) is 0 Å². The van der Waals surface area contributed by atoms with Crippen LogP contribution in [-0.2, 0) is 0 Å². The molecule has 0 saturated carbocycles. The summed E-state index contributed by atoms with van der Waals surface area (Å²) in [5, 5.41) is 0. The third-order valence-corrected chi connectivity index (χ3v) is 7.83. The summed E-state index contributed by atoms with van der Waals surface area (Å²) >= 11 is 3.85. The minimum absolute atomic E-state index is 0.611. The molecular formula is C19H26BrO2P. The van der Waals surface area contributed by atoms with Crippen LogP contribution in [0.25, 0.3) is 0 Å². The standard InChI is InChI=1S/C19H26BrO2P/c1-15(2)13-14-23(20,21-18-11-7-5-9-16(18)3)22-19-12-8-6-10-17(19)4/h5-12,15,23H,13-14H2,1-4H3. The molecule has 0 unspecified atom stereocenters. The van der Waals surface area contributed by atoms with Crippen molar-refractivity contribution in [2.24, 2.45) is 5.92 Å². The summed E-state index contributed by atoms with van der Waals surface area (Å²) in [6.45, 7) is 8.58. The molecule has 2 aromatic rings. The van der Waals surface area contributed by atoms with Crippen LogP contribution in [-0.4, -0.2) is 6.16 Å². The molecule has 23 heavy (non-hydrogen) atoms. The molecule has 0 bridgehead atoms. The quantitative estimate of drug-likeness (QED) is 0.484. The third-order valence-electron chi connectivity index (χ3n) is 3.73. The van der Waals surface area contributed by atoms with E-state index in [1.807, 2.05) is 36.4 Å². The molecule has 0 N–H and O–H groups in total. The van der Waals surface area contributed by atoms with Gasteiger partial charge in [0.15, 0.2) is 0 Å². The Hall–Kier alpha value is -1.05. The van der Waals surface area contributed by atoms with E-state index in [1.54, 1.807) is 0 Å². The Kier molecular flexibility index (Phi) is 6.50. The number of benzene rings is 2. The molecule has 0 fully saturated rings. The van der Waals surface area contributed by atoms with Crippen molar-refractivity contribution in [3.8, 4) is 11.5 Å². The number of halogens is 1.